The number of hydrogen-bond donors (Lipinski definition) is 0. The summed E-state index contributed by atoms with van der Waals surface area (Å²) in [6, 6.07) is 0. The molecule has 2 rings (SSSR count). The Labute approximate surface area is 78.7 Å². The van der Waals surface area contributed by atoms with Gasteiger partial charge in [0.15, 0.2) is 0 Å². The monoisotopic (exact) mass is 184 g/mol. The topological polar surface area (TPSA) is 27.7 Å². The van der Waals surface area contributed by atoms with Gasteiger partial charge in [-0.2, -0.15) is 0 Å². The lowest BCUT2D eigenvalue weighted by molar-refractivity contribution is 0.0248. The molecular weight excluding hydrogens is 168 g/mol. The van der Waals surface area contributed by atoms with E-state index in [-0.39, 0.29) is 0 Å². The van der Waals surface area contributed by atoms with Crippen LogP contribution in [0.1, 0.15) is 6.42 Å². The summed E-state index contributed by atoms with van der Waals surface area (Å²) in [4.78, 5) is 0. The highest BCUT2D eigenvalue weighted by atomic mass is 16.5. The first-order valence-electron chi connectivity index (χ1n) is 4.70. The Morgan fingerprint density at radius 1 is 1.46 bits per heavy atom. The first kappa shape index (κ1) is 9.03. The van der Waals surface area contributed by atoms with Gasteiger partial charge in [-0.05, 0) is 6.08 Å². The maximum Gasteiger partial charge on any atom is 0.107 e. The Hall–Kier alpha value is -0.540. The Morgan fingerprint density at radius 3 is 3.00 bits per heavy atom. The Balaban J connectivity index is 2.05. The maximum absolute atomic E-state index is 5.47. The van der Waals surface area contributed by atoms with E-state index in [0.29, 0.717) is 24.0 Å². The molecule has 1 saturated carbocycles. The first-order valence-corrected chi connectivity index (χ1v) is 4.70. The van der Waals surface area contributed by atoms with E-state index in [0.717, 1.165) is 13.0 Å². The van der Waals surface area contributed by atoms with E-state index >= 15 is 0 Å². The summed E-state index contributed by atoms with van der Waals surface area (Å²) in [6.45, 7) is 0.757. The fourth-order valence-electron chi connectivity index (χ4n) is 2.42. The molecule has 0 aromatic rings. The number of ether oxygens (including phenoxy) is 3. The smallest absolute Gasteiger partial charge is 0.107 e. The predicted molar refractivity (Wildman–Crippen MR) is 48.3 cm³/mol. The van der Waals surface area contributed by atoms with Gasteiger partial charge in [0.05, 0.1) is 19.0 Å². The highest BCUT2D eigenvalue weighted by Crippen LogP contribution is 2.40. The maximum atomic E-state index is 5.47. The minimum Gasteiger partial charge on any atom is -0.498 e. The third-order valence-electron chi connectivity index (χ3n) is 3.08. The van der Waals surface area contributed by atoms with Crippen molar-refractivity contribution in [3.8, 4) is 0 Å². The van der Waals surface area contributed by atoms with E-state index < -0.39 is 0 Å². The lowest BCUT2D eigenvalue weighted by atomic mass is 9.95. The molecule has 3 nitrogen and oxygen atoms in total. The van der Waals surface area contributed by atoms with Crippen LogP contribution in [0.2, 0.25) is 0 Å². The van der Waals surface area contributed by atoms with Crippen LogP contribution in [0.3, 0.4) is 0 Å². The van der Waals surface area contributed by atoms with Crippen LogP contribution in [0, 0.1) is 11.8 Å². The molecule has 1 unspecified atom stereocenters. The molecule has 0 saturated heterocycles. The number of methoxy groups -OCH3 is 2. The van der Waals surface area contributed by atoms with Crippen molar-refractivity contribution in [1.82, 2.24) is 0 Å². The van der Waals surface area contributed by atoms with Gasteiger partial charge in [-0.1, -0.05) is 0 Å². The largest absolute Gasteiger partial charge is 0.498 e. The van der Waals surface area contributed by atoms with E-state index in [2.05, 4.69) is 6.08 Å². The lowest BCUT2D eigenvalue weighted by Crippen LogP contribution is -2.25. The van der Waals surface area contributed by atoms with Crippen LogP contribution >= 0.6 is 0 Å². The lowest BCUT2D eigenvalue weighted by Gasteiger charge is -2.19. The van der Waals surface area contributed by atoms with Gasteiger partial charge in [-0.15, -0.1) is 0 Å². The Bertz CT molecular complexity index is 202. The van der Waals surface area contributed by atoms with Crippen LogP contribution in [0.25, 0.3) is 0 Å². The number of hydrogen-bond acceptors (Lipinski definition) is 3. The van der Waals surface area contributed by atoms with Crippen molar-refractivity contribution in [2.45, 2.75) is 18.6 Å². The molecule has 0 amide bonds. The van der Waals surface area contributed by atoms with Gasteiger partial charge in [0.25, 0.3) is 0 Å². The van der Waals surface area contributed by atoms with Crippen molar-refractivity contribution in [3.05, 3.63) is 12.3 Å². The summed E-state index contributed by atoms with van der Waals surface area (Å²) in [6.07, 6.45) is 5.55. The Morgan fingerprint density at radius 2 is 2.31 bits per heavy atom. The van der Waals surface area contributed by atoms with Crippen LogP contribution in [-0.4, -0.2) is 33.0 Å². The molecule has 1 fully saturated rings. The molecule has 4 atom stereocenters. The highest BCUT2D eigenvalue weighted by Gasteiger charge is 2.45. The molecule has 74 valence electrons. The van der Waals surface area contributed by atoms with Crippen molar-refractivity contribution in [1.29, 1.82) is 0 Å². The van der Waals surface area contributed by atoms with E-state index in [1.54, 1.807) is 14.2 Å². The molecule has 0 spiro atoms. The van der Waals surface area contributed by atoms with E-state index in [4.69, 9.17) is 14.2 Å². The summed E-state index contributed by atoms with van der Waals surface area (Å²) >= 11 is 0. The summed E-state index contributed by atoms with van der Waals surface area (Å²) in [5.74, 6) is 0.948. The Kier molecular flexibility index (Phi) is 2.56. The molecule has 0 radical (unpaired) electrons. The molecule has 1 aliphatic carbocycles. The standard InChI is InChI=1S/C10H16O3/c1-11-6-8-7-3-4-13-10(7)5-9(8)12-2/h3-4,7-10H,5-6H2,1-2H3/t7?,8-,9-,10+/m0/s1. The van der Waals surface area contributed by atoms with Gasteiger partial charge in [-0.3, -0.25) is 0 Å². The van der Waals surface area contributed by atoms with E-state index in [9.17, 15) is 0 Å². The van der Waals surface area contributed by atoms with Crippen LogP contribution < -0.4 is 0 Å². The SMILES string of the molecule is COC[C@H]1C2C=CO[C@@H]2C[C@@H]1OC. The van der Waals surface area contributed by atoms with Crippen molar-refractivity contribution in [2.75, 3.05) is 20.8 Å². The molecule has 0 bridgehead atoms. The first-order chi connectivity index (χ1) is 6.36. The predicted octanol–water partition coefficient (Wildman–Crippen LogP) is 1.20. The quantitative estimate of drug-likeness (QED) is 0.659. The van der Waals surface area contributed by atoms with Crippen molar-refractivity contribution in [3.63, 3.8) is 0 Å². The van der Waals surface area contributed by atoms with Gasteiger partial charge in [0, 0.05) is 32.5 Å². The van der Waals surface area contributed by atoms with Crippen LogP contribution in [0.4, 0.5) is 0 Å². The number of rotatable bonds is 3. The second kappa shape index (κ2) is 3.68. The van der Waals surface area contributed by atoms with Gasteiger partial charge in [0.2, 0.25) is 0 Å². The second-order valence-corrected chi connectivity index (χ2v) is 3.71. The van der Waals surface area contributed by atoms with Gasteiger partial charge in [0.1, 0.15) is 6.10 Å². The van der Waals surface area contributed by atoms with E-state index in [1.807, 2.05) is 6.26 Å². The third kappa shape index (κ3) is 1.46. The van der Waals surface area contributed by atoms with Crippen LogP contribution in [0.5, 0.6) is 0 Å². The molecule has 3 heteroatoms. The third-order valence-corrected chi connectivity index (χ3v) is 3.08. The summed E-state index contributed by atoms with van der Waals surface area (Å²) < 4.78 is 16.1. The molecule has 2 aliphatic rings. The van der Waals surface area contributed by atoms with Crippen LogP contribution in [0.15, 0.2) is 12.3 Å². The number of fused-ring (bicyclic) bond motifs is 1. The highest BCUT2D eigenvalue weighted by molar-refractivity contribution is 5.06. The molecular formula is C10H16O3. The molecule has 13 heavy (non-hydrogen) atoms. The molecule has 1 heterocycles. The van der Waals surface area contributed by atoms with Gasteiger partial charge >= 0.3 is 0 Å². The normalized spacial score (nSPS) is 42.0. The van der Waals surface area contributed by atoms with Gasteiger partial charge < -0.3 is 14.2 Å². The fourth-order valence-corrected chi connectivity index (χ4v) is 2.42. The zero-order valence-corrected chi connectivity index (χ0v) is 8.10. The van der Waals surface area contributed by atoms with E-state index in [1.165, 1.54) is 0 Å². The van der Waals surface area contributed by atoms with Crippen molar-refractivity contribution < 1.29 is 14.2 Å². The summed E-state index contributed by atoms with van der Waals surface area (Å²) in [5, 5.41) is 0. The zero-order valence-electron chi connectivity index (χ0n) is 8.10. The van der Waals surface area contributed by atoms with Crippen molar-refractivity contribution in [2.24, 2.45) is 11.8 Å². The zero-order chi connectivity index (χ0) is 9.26. The average molecular weight is 184 g/mol. The fraction of sp³-hybridized carbons (Fsp3) is 0.800. The minimum atomic E-state index is 0.292. The van der Waals surface area contributed by atoms with Crippen LogP contribution in [-0.2, 0) is 14.2 Å². The van der Waals surface area contributed by atoms with Gasteiger partial charge in [-0.25, -0.2) is 0 Å². The molecule has 0 aromatic carbocycles. The summed E-state index contributed by atoms with van der Waals surface area (Å²) in [7, 11) is 3.50. The molecule has 0 N–H and O–H groups in total. The molecule has 0 aromatic heterocycles. The summed E-state index contributed by atoms with van der Waals surface area (Å²) in [5.41, 5.74) is 0. The minimum absolute atomic E-state index is 0.292. The second-order valence-electron chi connectivity index (χ2n) is 3.71. The molecule has 1 aliphatic heterocycles. The average Bonchev–Trinajstić information content (AvgIpc) is 2.67. The van der Waals surface area contributed by atoms with Crippen molar-refractivity contribution >= 4 is 0 Å².